The number of benzene rings is 1. The highest BCUT2D eigenvalue weighted by Gasteiger charge is 2.20. The van der Waals surface area contributed by atoms with Crippen molar-refractivity contribution in [1.29, 1.82) is 0 Å². The molecule has 0 aliphatic carbocycles. The highest BCUT2D eigenvalue weighted by Crippen LogP contribution is 2.22. The quantitative estimate of drug-likeness (QED) is 0.806. The number of ether oxygens (including phenoxy) is 1. The molecule has 1 aromatic rings. The molecule has 21 heavy (non-hydrogen) atoms. The molecule has 0 radical (unpaired) electrons. The lowest BCUT2D eigenvalue weighted by atomic mass is 10.2. The van der Waals surface area contributed by atoms with Gasteiger partial charge in [0.05, 0.1) is 7.11 Å². The van der Waals surface area contributed by atoms with Crippen LogP contribution in [0, 0.1) is 0 Å². The fraction of sp³-hybridized carbons (Fsp3) is 0.562. The second-order valence-corrected chi connectivity index (χ2v) is 5.32. The number of carbonyl (C=O) groups is 1. The second kappa shape index (κ2) is 7.88. The SMILES string of the molecule is COc1cccc(N2CCN(C(=O)CCCCN)CC2)c1. The third-order valence-corrected chi connectivity index (χ3v) is 3.90. The van der Waals surface area contributed by atoms with Crippen molar-refractivity contribution < 1.29 is 9.53 Å². The molecule has 0 bridgehead atoms. The van der Waals surface area contributed by atoms with Gasteiger partial charge in [0.15, 0.2) is 0 Å². The van der Waals surface area contributed by atoms with Crippen LogP contribution in [0.1, 0.15) is 19.3 Å². The predicted octanol–water partition coefficient (Wildman–Crippen LogP) is 1.47. The number of hydrogen-bond acceptors (Lipinski definition) is 4. The molecule has 1 amide bonds. The Labute approximate surface area is 126 Å². The van der Waals surface area contributed by atoms with E-state index in [1.54, 1.807) is 7.11 Å². The molecular formula is C16H25N3O2. The molecule has 2 N–H and O–H groups in total. The van der Waals surface area contributed by atoms with Gasteiger partial charge in [-0.05, 0) is 31.5 Å². The van der Waals surface area contributed by atoms with E-state index in [1.165, 1.54) is 0 Å². The summed E-state index contributed by atoms with van der Waals surface area (Å²) >= 11 is 0. The van der Waals surface area contributed by atoms with Crippen molar-refractivity contribution >= 4 is 11.6 Å². The minimum Gasteiger partial charge on any atom is -0.497 e. The van der Waals surface area contributed by atoms with Crippen molar-refractivity contribution in [2.24, 2.45) is 5.73 Å². The number of amides is 1. The third-order valence-electron chi connectivity index (χ3n) is 3.90. The van der Waals surface area contributed by atoms with Crippen molar-refractivity contribution in [3.63, 3.8) is 0 Å². The number of nitrogens with zero attached hydrogens (tertiary/aromatic N) is 2. The third kappa shape index (κ3) is 4.36. The molecule has 1 aliphatic heterocycles. The summed E-state index contributed by atoms with van der Waals surface area (Å²) in [5.41, 5.74) is 6.61. The van der Waals surface area contributed by atoms with Crippen molar-refractivity contribution in [2.45, 2.75) is 19.3 Å². The largest absolute Gasteiger partial charge is 0.497 e. The summed E-state index contributed by atoms with van der Waals surface area (Å²) in [6, 6.07) is 8.07. The Morgan fingerprint density at radius 3 is 2.67 bits per heavy atom. The Morgan fingerprint density at radius 1 is 1.24 bits per heavy atom. The van der Waals surface area contributed by atoms with Gasteiger partial charge in [0.1, 0.15) is 5.75 Å². The molecule has 0 saturated carbocycles. The monoisotopic (exact) mass is 291 g/mol. The molecule has 1 aliphatic rings. The second-order valence-electron chi connectivity index (χ2n) is 5.32. The lowest BCUT2D eigenvalue weighted by Crippen LogP contribution is -2.48. The van der Waals surface area contributed by atoms with Gasteiger partial charge in [-0.25, -0.2) is 0 Å². The lowest BCUT2D eigenvalue weighted by Gasteiger charge is -2.36. The van der Waals surface area contributed by atoms with Crippen LogP contribution in [0.3, 0.4) is 0 Å². The zero-order valence-corrected chi connectivity index (χ0v) is 12.8. The molecule has 116 valence electrons. The van der Waals surface area contributed by atoms with E-state index in [1.807, 2.05) is 23.1 Å². The maximum absolute atomic E-state index is 12.1. The molecule has 0 spiro atoms. The minimum atomic E-state index is 0.258. The first-order valence-electron chi connectivity index (χ1n) is 7.61. The smallest absolute Gasteiger partial charge is 0.222 e. The summed E-state index contributed by atoms with van der Waals surface area (Å²) in [4.78, 5) is 16.3. The molecule has 5 nitrogen and oxygen atoms in total. The molecule has 1 aromatic carbocycles. The summed E-state index contributed by atoms with van der Waals surface area (Å²) in [5.74, 6) is 1.13. The predicted molar refractivity (Wildman–Crippen MR) is 84.7 cm³/mol. The molecule has 0 atom stereocenters. The van der Waals surface area contributed by atoms with Gasteiger partial charge in [0.2, 0.25) is 5.91 Å². The van der Waals surface area contributed by atoms with Gasteiger partial charge in [-0.15, -0.1) is 0 Å². The molecule has 0 aromatic heterocycles. The van der Waals surface area contributed by atoms with Gasteiger partial charge in [0, 0.05) is 44.4 Å². The molecule has 1 saturated heterocycles. The zero-order valence-electron chi connectivity index (χ0n) is 12.8. The normalized spacial score (nSPS) is 15.1. The highest BCUT2D eigenvalue weighted by molar-refractivity contribution is 5.76. The van der Waals surface area contributed by atoms with E-state index < -0.39 is 0 Å². The van der Waals surface area contributed by atoms with E-state index in [0.717, 1.165) is 50.5 Å². The standard InChI is InChI=1S/C16H25N3O2/c1-21-15-6-4-5-14(13-15)18-9-11-19(12-10-18)16(20)7-2-3-8-17/h4-6,13H,2-3,7-12,17H2,1H3. The molecule has 2 rings (SSSR count). The van der Waals surface area contributed by atoms with Crippen LogP contribution >= 0.6 is 0 Å². The van der Waals surface area contributed by atoms with Gasteiger partial charge >= 0.3 is 0 Å². The fourth-order valence-electron chi connectivity index (χ4n) is 2.60. The summed E-state index contributed by atoms with van der Waals surface area (Å²) in [7, 11) is 1.68. The first-order valence-corrected chi connectivity index (χ1v) is 7.61. The number of piperazine rings is 1. The van der Waals surface area contributed by atoms with Crippen LogP contribution < -0.4 is 15.4 Å². The number of carbonyl (C=O) groups excluding carboxylic acids is 1. The Morgan fingerprint density at radius 2 is 2.00 bits per heavy atom. The number of anilines is 1. The molecule has 5 heteroatoms. The fourth-order valence-corrected chi connectivity index (χ4v) is 2.60. The van der Waals surface area contributed by atoms with Crippen molar-refractivity contribution in [1.82, 2.24) is 4.90 Å². The van der Waals surface area contributed by atoms with E-state index in [-0.39, 0.29) is 5.91 Å². The molecule has 0 unspecified atom stereocenters. The van der Waals surface area contributed by atoms with Crippen LogP contribution in [0.4, 0.5) is 5.69 Å². The van der Waals surface area contributed by atoms with Crippen molar-refractivity contribution in [3.05, 3.63) is 24.3 Å². The number of methoxy groups -OCH3 is 1. The van der Waals surface area contributed by atoms with Crippen molar-refractivity contribution in [2.75, 3.05) is 44.7 Å². The van der Waals surface area contributed by atoms with Crippen LogP contribution in [0.25, 0.3) is 0 Å². The number of hydrogen-bond donors (Lipinski definition) is 1. The average Bonchev–Trinajstić information content (AvgIpc) is 2.55. The van der Waals surface area contributed by atoms with Crippen LogP contribution in [0.5, 0.6) is 5.75 Å². The Hall–Kier alpha value is -1.75. The number of unbranched alkanes of at least 4 members (excludes halogenated alkanes) is 1. The maximum atomic E-state index is 12.1. The summed E-state index contributed by atoms with van der Waals surface area (Å²) in [6.45, 7) is 3.99. The van der Waals surface area contributed by atoms with Crippen molar-refractivity contribution in [3.8, 4) is 5.75 Å². The van der Waals surface area contributed by atoms with Crippen LogP contribution in [0.15, 0.2) is 24.3 Å². The van der Waals surface area contributed by atoms with Gasteiger partial charge in [-0.2, -0.15) is 0 Å². The summed E-state index contributed by atoms with van der Waals surface area (Å²) in [6.07, 6.45) is 2.44. The number of nitrogens with two attached hydrogens (primary N) is 1. The van der Waals surface area contributed by atoms with Gasteiger partial charge in [-0.1, -0.05) is 6.07 Å². The Balaban J connectivity index is 1.83. The first kappa shape index (κ1) is 15.6. The van der Waals surface area contributed by atoms with E-state index in [2.05, 4.69) is 11.0 Å². The van der Waals surface area contributed by atoms with Crippen LogP contribution in [-0.4, -0.2) is 50.6 Å². The van der Waals surface area contributed by atoms with Crippen LogP contribution in [0.2, 0.25) is 0 Å². The Kier molecular flexibility index (Phi) is 5.87. The summed E-state index contributed by atoms with van der Waals surface area (Å²) < 4.78 is 5.26. The van der Waals surface area contributed by atoms with E-state index in [0.29, 0.717) is 13.0 Å². The minimum absolute atomic E-state index is 0.258. The van der Waals surface area contributed by atoms with Gasteiger partial charge in [-0.3, -0.25) is 4.79 Å². The van der Waals surface area contributed by atoms with Gasteiger partial charge < -0.3 is 20.3 Å². The highest BCUT2D eigenvalue weighted by atomic mass is 16.5. The van der Waals surface area contributed by atoms with E-state index in [9.17, 15) is 4.79 Å². The van der Waals surface area contributed by atoms with Crippen LogP contribution in [-0.2, 0) is 4.79 Å². The molecule has 1 fully saturated rings. The topological polar surface area (TPSA) is 58.8 Å². The van der Waals surface area contributed by atoms with E-state index in [4.69, 9.17) is 10.5 Å². The average molecular weight is 291 g/mol. The zero-order chi connectivity index (χ0) is 15.1. The maximum Gasteiger partial charge on any atom is 0.222 e. The van der Waals surface area contributed by atoms with E-state index >= 15 is 0 Å². The van der Waals surface area contributed by atoms with Gasteiger partial charge in [0.25, 0.3) is 0 Å². The number of rotatable bonds is 6. The molecular weight excluding hydrogens is 266 g/mol. The first-order chi connectivity index (χ1) is 10.2. The molecule has 1 heterocycles. The lowest BCUT2D eigenvalue weighted by molar-refractivity contribution is -0.131. The summed E-state index contributed by atoms with van der Waals surface area (Å²) in [5, 5.41) is 0. The Bertz CT molecular complexity index is 457.